The number of fused-ring (bicyclic) bond motifs is 1. The number of nitrogens with zero attached hydrogens (tertiary/aromatic N) is 5. The standard InChI is InChI=1S/C19H24N6O2/c1-14-13-16(27)25-17(15-5-3-2-4-6-15)21-18(22-19(25)20-14)24-9-7-23(8-10-24)11-12-26/h2-6,13,17,26H,7-12H2,1H3,(H,20,21,22). The summed E-state index contributed by atoms with van der Waals surface area (Å²) in [5, 5.41) is 12.4. The van der Waals surface area contributed by atoms with E-state index in [2.05, 4.69) is 20.1 Å². The van der Waals surface area contributed by atoms with Crippen molar-refractivity contribution < 1.29 is 5.11 Å². The number of hydrogen-bond donors (Lipinski definition) is 2. The molecule has 1 aromatic heterocycles. The third-order valence-corrected chi connectivity index (χ3v) is 4.98. The van der Waals surface area contributed by atoms with E-state index < -0.39 is 6.17 Å². The Morgan fingerprint density at radius 2 is 1.93 bits per heavy atom. The van der Waals surface area contributed by atoms with Gasteiger partial charge in [0.15, 0.2) is 6.17 Å². The van der Waals surface area contributed by atoms with Crippen molar-refractivity contribution in [1.82, 2.24) is 19.4 Å². The highest BCUT2D eigenvalue weighted by Gasteiger charge is 2.28. The lowest BCUT2D eigenvalue weighted by Crippen LogP contribution is -2.52. The fourth-order valence-corrected chi connectivity index (χ4v) is 3.57. The van der Waals surface area contributed by atoms with Crippen LogP contribution in [0.15, 0.2) is 46.2 Å². The van der Waals surface area contributed by atoms with Crippen LogP contribution in [-0.4, -0.2) is 69.7 Å². The first-order chi connectivity index (χ1) is 13.2. The lowest BCUT2D eigenvalue weighted by Gasteiger charge is -2.38. The number of piperazine rings is 1. The average Bonchev–Trinajstić information content (AvgIpc) is 2.68. The van der Waals surface area contributed by atoms with Gasteiger partial charge in [-0.1, -0.05) is 30.3 Å². The summed E-state index contributed by atoms with van der Waals surface area (Å²) in [5.74, 6) is 1.27. The summed E-state index contributed by atoms with van der Waals surface area (Å²) >= 11 is 0. The summed E-state index contributed by atoms with van der Waals surface area (Å²) in [6.45, 7) is 6.04. The highest BCUT2D eigenvalue weighted by Crippen LogP contribution is 2.26. The Morgan fingerprint density at radius 3 is 2.63 bits per heavy atom. The van der Waals surface area contributed by atoms with Gasteiger partial charge in [-0.15, -0.1) is 0 Å². The lowest BCUT2D eigenvalue weighted by atomic mass is 10.1. The van der Waals surface area contributed by atoms with E-state index in [4.69, 9.17) is 10.1 Å². The molecule has 1 aromatic carbocycles. The molecule has 3 heterocycles. The average molecular weight is 368 g/mol. The van der Waals surface area contributed by atoms with Crippen LogP contribution in [0.1, 0.15) is 17.4 Å². The molecule has 0 aliphatic carbocycles. The Morgan fingerprint density at radius 1 is 1.19 bits per heavy atom. The normalized spacial score (nSPS) is 20.0. The number of benzene rings is 1. The van der Waals surface area contributed by atoms with Gasteiger partial charge in [0.1, 0.15) is 0 Å². The van der Waals surface area contributed by atoms with Gasteiger partial charge in [0.05, 0.1) is 6.61 Å². The van der Waals surface area contributed by atoms with E-state index in [1.807, 2.05) is 37.3 Å². The first-order valence-electron chi connectivity index (χ1n) is 9.24. The van der Waals surface area contributed by atoms with Crippen molar-refractivity contribution >= 4 is 11.9 Å². The quantitative estimate of drug-likeness (QED) is 0.820. The van der Waals surface area contributed by atoms with Crippen LogP contribution in [0.5, 0.6) is 0 Å². The molecular formula is C19H24N6O2. The van der Waals surface area contributed by atoms with Crippen molar-refractivity contribution in [3.63, 3.8) is 0 Å². The van der Waals surface area contributed by atoms with Crippen LogP contribution in [-0.2, 0) is 0 Å². The number of aliphatic hydroxyl groups is 1. The lowest BCUT2D eigenvalue weighted by molar-refractivity contribution is 0.146. The van der Waals surface area contributed by atoms with Gasteiger partial charge >= 0.3 is 0 Å². The molecule has 2 aliphatic heterocycles. The first-order valence-corrected chi connectivity index (χ1v) is 9.24. The molecule has 0 amide bonds. The van der Waals surface area contributed by atoms with E-state index in [9.17, 15) is 4.79 Å². The van der Waals surface area contributed by atoms with Crippen molar-refractivity contribution in [2.75, 3.05) is 44.6 Å². The molecule has 142 valence electrons. The van der Waals surface area contributed by atoms with Crippen LogP contribution in [0.3, 0.4) is 0 Å². The first kappa shape index (κ1) is 17.7. The summed E-state index contributed by atoms with van der Waals surface area (Å²) in [6, 6.07) is 11.3. The molecule has 1 fully saturated rings. The molecule has 0 radical (unpaired) electrons. The summed E-state index contributed by atoms with van der Waals surface area (Å²) < 4.78 is 1.61. The minimum absolute atomic E-state index is 0.116. The monoisotopic (exact) mass is 368 g/mol. The maximum Gasteiger partial charge on any atom is 0.257 e. The zero-order chi connectivity index (χ0) is 18.8. The smallest absolute Gasteiger partial charge is 0.257 e. The van der Waals surface area contributed by atoms with E-state index in [-0.39, 0.29) is 12.2 Å². The van der Waals surface area contributed by atoms with Gasteiger partial charge < -0.3 is 10.0 Å². The third-order valence-electron chi connectivity index (χ3n) is 4.98. The molecule has 2 aliphatic rings. The van der Waals surface area contributed by atoms with Gasteiger partial charge in [-0.05, 0) is 12.5 Å². The van der Waals surface area contributed by atoms with Gasteiger partial charge in [-0.25, -0.2) is 9.98 Å². The minimum Gasteiger partial charge on any atom is -0.395 e. The fraction of sp³-hybridized carbons (Fsp3) is 0.421. The number of guanidine groups is 1. The molecule has 2 aromatic rings. The Bertz CT molecular complexity index is 887. The number of nitrogens with one attached hydrogen (secondary N) is 1. The molecule has 8 heteroatoms. The second-order valence-corrected chi connectivity index (χ2v) is 6.84. The summed E-state index contributed by atoms with van der Waals surface area (Å²) in [4.78, 5) is 26.5. The Hall–Kier alpha value is -2.71. The minimum atomic E-state index is -0.437. The molecule has 1 atom stereocenters. The number of anilines is 1. The zero-order valence-electron chi connectivity index (χ0n) is 15.4. The molecule has 0 spiro atoms. The fourth-order valence-electron chi connectivity index (χ4n) is 3.57. The molecule has 0 saturated carbocycles. The maximum atomic E-state index is 12.6. The molecular weight excluding hydrogens is 344 g/mol. The summed E-state index contributed by atoms with van der Waals surface area (Å²) in [5.41, 5.74) is 1.51. The number of rotatable bonds is 3. The van der Waals surface area contributed by atoms with Crippen LogP contribution in [0.2, 0.25) is 0 Å². The van der Waals surface area contributed by atoms with Crippen LogP contribution >= 0.6 is 0 Å². The topological polar surface area (TPSA) is 86.0 Å². The van der Waals surface area contributed by atoms with Crippen LogP contribution < -0.4 is 10.9 Å². The second-order valence-electron chi connectivity index (χ2n) is 6.84. The molecule has 8 nitrogen and oxygen atoms in total. The molecule has 1 unspecified atom stereocenters. The van der Waals surface area contributed by atoms with Crippen LogP contribution in [0, 0.1) is 6.92 Å². The van der Waals surface area contributed by atoms with Crippen LogP contribution in [0.25, 0.3) is 0 Å². The summed E-state index contributed by atoms with van der Waals surface area (Å²) in [7, 11) is 0. The van der Waals surface area contributed by atoms with Gasteiger partial charge in [-0.2, -0.15) is 0 Å². The predicted octanol–water partition coefficient (Wildman–Crippen LogP) is 0.490. The van der Waals surface area contributed by atoms with Crippen molar-refractivity contribution in [3.05, 3.63) is 58.0 Å². The van der Waals surface area contributed by atoms with E-state index in [0.29, 0.717) is 18.2 Å². The Labute approximate surface area is 157 Å². The van der Waals surface area contributed by atoms with Gasteiger partial charge in [0.2, 0.25) is 11.9 Å². The Balaban J connectivity index is 1.68. The van der Waals surface area contributed by atoms with Gasteiger partial charge in [0.25, 0.3) is 5.56 Å². The SMILES string of the molecule is Cc1cc(=O)n2c(n1)NC(N1CCN(CCO)CC1)=NC2c1ccccc1. The maximum absolute atomic E-state index is 12.6. The number of hydrogen-bond acceptors (Lipinski definition) is 7. The molecule has 0 bridgehead atoms. The zero-order valence-corrected chi connectivity index (χ0v) is 15.4. The highest BCUT2D eigenvalue weighted by molar-refractivity contribution is 5.93. The van der Waals surface area contributed by atoms with E-state index >= 15 is 0 Å². The van der Waals surface area contributed by atoms with E-state index in [0.717, 1.165) is 37.7 Å². The number of aromatic nitrogens is 2. The number of aliphatic imine (C=N–C) groups is 1. The molecule has 2 N–H and O–H groups in total. The molecule has 4 rings (SSSR count). The highest BCUT2D eigenvalue weighted by atomic mass is 16.3. The Kier molecular flexibility index (Phi) is 4.91. The van der Waals surface area contributed by atoms with Crippen LogP contribution in [0.4, 0.5) is 5.95 Å². The second kappa shape index (κ2) is 7.50. The van der Waals surface area contributed by atoms with Crippen molar-refractivity contribution in [1.29, 1.82) is 0 Å². The summed E-state index contributed by atoms with van der Waals surface area (Å²) in [6.07, 6.45) is -0.437. The molecule has 27 heavy (non-hydrogen) atoms. The largest absolute Gasteiger partial charge is 0.395 e. The van der Waals surface area contributed by atoms with Crippen molar-refractivity contribution in [3.8, 4) is 0 Å². The van der Waals surface area contributed by atoms with Crippen molar-refractivity contribution in [2.24, 2.45) is 4.99 Å². The molecule has 1 saturated heterocycles. The van der Waals surface area contributed by atoms with Crippen molar-refractivity contribution in [2.45, 2.75) is 13.1 Å². The van der Waals surface area contributed by atoms with E-state index in [1.165, 1.54) is 6.07 Å². The predicted molar refractivity (Wildman–Crippen MR) is 104 cm³/mol. The number of aliphatic hydroxyl groups excluding tert-OH is 1. The van der Waals surface area contributed by atoms with Gasteiger partial charge in [0, 0.05) is 44.5 Å². The number of β-amino-alcohol motifs (C(OH)–C–C–N with tert-alkyl or cyclic N) is 1. The number of aryl methyl sites for hydroxylation is 1. The van der Waals surface area contributed by atoms with Gasteiger partial charge in [-0.3, -0.25) is 19.6 Å². The third kappa shape index (κ3) is 3.58. The van der Waals surface area contributed by atoms with E-state index in [1.54, 1.807) is 4.57 Å².